The van der Waals surface area contributed by atoms with Gasteiger partial charge in [0.05, 0.1) is 16.6 Å². The molecule has 7 heteroatoms. The van der Waals surface area contributed by atoms with Crippen LogP contribution in [0.1, 0.15) is 68.7 Å². The third-order valence-corrected chi connectivity index (χ3v) is 21.8. The molecule has 1 aromatic heterocycles. The Morgan fingerprint density at radius 1 is 0.809 bits per heavy atom. The highest BCUT2D eigenvalue weighted by atomic mass is 28.4. The normalized spacial score (nSPS) is 18.7. The lowest BCUT2D eigenvalue weighted by atomic mass is 10.0. The highest BCUT2D eigenvalue weighted by Gasteiger charge is 2.63. The average molecular weight is 667 g/mol. The predicted octanol–water partition coefficient (Wildman–Crippen LogP) is 8.95. The summed E-state index contributed by atoms with van der Waals surface area (Å²) in [5.41, 5.74) is 2.14. The summed E-state index contributed by atoms with van der Waals surface area (Å²) in [7, 11) is -4.99. The van der Waals surface area contributed by atoms with Crippen molar-refractivity contribution in [3.05, 3.63) is 97.2 Å². The quantitative estimate of drug-likeness (QED) is 0.145. The van der Waals surface area contributed by atoms with Crippen LogP contribution in [0.5, 0.6) is 0 Å². The molecular formula is C40H54N2O3Si2. The topological polar surface area (TPSA) is 60.5 Å². The maximum atomic E-state index is 14.6. The van der Waals surface area contributed by atoms with E-state index in [1.807, 2.05) is 30.3 Å². The molecule has 4 aromatic rings. The van der Waals surface area contributed by atoms with E-state index in [9.17, 15) is 4.79 Å². The molecule has 0 saturated heterocycles. The minimum atomic E-state index is -2.77. The summed E-state index contributed by atoms with van der Waals surface area (Å²) in [6.45, 7) is 21.6. The lowest BCUT2D eigenvalue weighted by molar-refractivity contribution is -0.123. The second kappa shape index (κ2) is 13.8. The summed E-state index contributed by atoms with van der Waals surface area (Å²) in [6.07, 6.45) is 2.51. The molecule has 0 spiro atoms. The molecule has 1 heterocycles. The smallest absolute Gasteiger partial charge is 0.261 e. The molecule has 5 nitrogen and oxygen atoms in total. The molecular weight excluding hydrogens is 613 g/mol. The molecule has 47 heavy (non-hydrogen) atoms. The van der Waals surface area contributed by atoms with E-state index in [-0.39, 0.29) is 16.9 Å². The SMILES string of the molecule is CC(C)[Si](OC[C@@]1(C(=O)Nc2cccc3cccnc23)C[C@H]1CO[Si](c1ccccc1)(c1ccccc1)C(C)(C)C)(C(C)C)C(C)C. The van der Waals surface area contributed by atoms with Crippen molar-refractivity contribution in [1.29, 1.82) is 0 Å². The average Bonchev–Trinajstić information content (AvgIpc) is 3.76. The standard InChI is InChI=1S/C40H54N2O3Si2/c1-29(2)46(30(3)4,31(5)6)45-28-40(38(43)42-36-24-16-18-32-19-17-25-41-37(32)36)26-33(40)27-44-47(39(7,8)9,34-20-12-10-13-21-34)35-22-14-11-15-23-35/h10-25,29-31,33H,26-28H2,1-9H3,(H,42,43)/t33-,40-/m0/s1. The minimum Gasteiger partial charge on any atom is -0.415 e. The number of amides is 1. The van der Waals surface area contributed by atoms with Crippen molar-refractivity contribution in [2.24, 2.45) is 11.3 Å². The molecule has 0 radical (unpaired) electrons. The van der Waals surface area contributed by atoms with Gasteiger partial charge < -0.3 is 14.2 Å². The molecule has 250 valence electrons. The Labute approximate surface area is 284 Å². The van der Waals surface area contributed by atoms with E-state index in [1.165, 1.54) is 10.4 Å². The number of anilines is 1. The summed E-state index contributed by atoms with van der Waals surface area (Å²) >= 11 is 0. The largest absolute Gasteiger partial charge is 0.415 e. The Bertz CT molecular complexity index is 1590. The van der Waals surface area contributed by atoms with Crippen molar-refractivity contribution >= 4 is 49.5 Å². The van der Waals surface area contributed by atoms with E-state index >= 15 is 0 Å². The van der Waals surface area contributed by atoms with Crippen molar-refractivity contribution < 1.29 is 13.6 Å². The number of nitrogens with one attached hydrogen (secondary N) is 1. The molecule has 2 atom stereocenters. The Morgan fingerprint density at radius 3 is 1.89 bits per heavy atom. The van der Waals surface area contributed by atoms with Crippen LogP contribution < -0.4 is 15.7 Å². The first-order valence-corrected chi connectivity index (χ1v) is 21.4. The lowest BCUT2D eigenvalue weighted by Gasteiger charge is -2.44. The van der Waals surface area contributed by atoms with Crippen molar-refractivity contribution in [3.63, 3.8) is 0 Å². The third-order valence-electron chi connectivity index (χ3n) is 10.8. The summed E-state index contributed by atoms with van der Waals surface area (Å²) in [6, 6.07) is 31.4. The molecule has 1 aliphatic carbocycles. The van der Waals surface area contributed by atoms with E-state index < -0.39 is 22.0 Å². The molecule has 1 saturated carbocycles. The number of aromatic nitrogens is 1. The highest BCUT2D eigenvalue weighted by molar-refractivity contribution is 6.99. The number of nitrogens with zero attached hydrogens (tertiary/aromatic N) is 1. The zero-order valence-electron chi connectivity index (χ0n) is 29.8. The van der Waals surface area contributed by atoms with Crippen LogP contribution in [0, 0.1) is 11.3 Å². The summed E-state index contributed by atoms with van der Waals surface area (Å²) in [5.74, 6) is 0.0381. The monoisotopic (exact) mass is 666 g/mol. The fourth-order valence-corrected chi connectivity index (χ4v) is 18.4. The first kappa shape index (κ1) is 35.2. The lowest BCUT2D eigenvalue weighted by Crippen LogP contribution is -2.66. The maximum absolute atomic E-state index is 14.6. The van der Waals surface area contributed by atoms with Crippen LogP contribution in [0.15, 0.2) is 97.2 Å². The van der Waals surface area contributed by atoms with Gasteiger partial charge in [0, 0.05) is 24.8 Å². The zero-order valence-corrected chi connectivity index (χ0v) is 31.8. The molecule has 1 N–H and O–H groups in total. The van der Waals surface area contributed by atoms with Crippen LogP contribution in [0.4, 0.5) is 5.69 Å². The summed E-state index contributed by atoms with van der Waals surface area (Å²) < 4.78 is 14.6. The molecule has 1 amide bonds. The van der Waals surface area contributed by atoms with Gasteiger partial charge in [-0.05, 0) is 56.5 Å². The van der Waals surface area contributed by atoms with Crippen LogP contribution in [0.2, 0.25) is 21.7 Å². The molecule has 3 aromatic carbocycles. The van der Waals surface area contributed by atoms with E-state index in [0.29, 0.717) is 29.8 Å². The van der Waals surface area contributed by atoms with Crippen LogP contribution >= 0.6 is 0 Å². The zero-order chi connectivity index (χ0) is 34.0. The van der Waals surface area contributed by atoms with Crippen molar-refractivity contribution in [3.8, 4) is 0 Å². The van der Waals surface area contributed by atoms with Gasteiger partial charge >= 0.3 is 0 Å². The number of rotatable bonds is 13. The molecule has 1 fully saturated rings. The van der Waals surface area contributed by atoms with Gasteiger partial charge in [-0.1, -0.05) is 141 Å². The van der Waals surface area contributed by atoms with Gasteiger partial charge in [-0.3, -0.25) is 9.78 Å². The number of hydrogen-bond donors (Lipinski definition) is 1. The number of carbonyl (C=O) groups excluding carboxylic acids is 1. The molecule has 1 aliphatic rings. The van der Waals surface area contributed by atoms with E-state index in [0.717, 1.165) is 23.0 Å². The van der Waals surface area contributed by atoms with Crippen molar-refractivity contribution in [1.82, 2.24) is 4.98 Å². The molecule has 5 rings (SSSR count). The Balaban J connectivity index is 1.52. The van der Waals surface area contributed by atoms with Gasteiger partial charge in [0.1, 0.15) is 0 Å². The summed E-state index contributed by atoms with van der Waals surface area (Å²) in [5, 5.41) is 6.68. The first-order chi connectivity index (χ1) is 22.3. The Hall–Kier alpha value is -3.11. The minimum absolute atomic E-state index is 0.00543. The maximum Gasteiger partial charge on any atom is 0.261 e. The van der Waals surface area contributed by atoms with Crippen molar-refractivity contribution in [2.75, 3.05) is 18.5 Å². The first-order valence-electron chi connectivity index (χ1n) is 17.3. The summed E-state index contributed by atoms with van der Waals surface area (Å²) in [4.78, 5) is 19.2. The number of pyridine rings is 1. The third kappa shape index (κ3) is 6.52. The van der Waals surface area contributed by atoms with Gasteiger partial charge in [0.2, 0.25) is 5.91 Å². The van der Waals surface area contributed by atoms with Gasteiger partial charge in [-0.2, -0.15) is 0 Å². The number of fused-ring (bicyclic) bond motifs is 1. The highest BCUT2D eigenvalue weighted by Crippen LogP contribution is 2.56. The number of para-hydroxylation sites is 1. The fourth-order valence-electron chi connectivity index (χ4n) is 8.31. The van der Waals surface area contributed by atoms with Crippen LogP contribution in [-0.4, -0.2) is 40.7 Å². The second-order valence-corrected chi connectivity index (χ2v) is 25.2. The van der Waals surface area contributed by atoms with Crippen LogP contribution in [0.25, 0.3) is 10.9 Å². The van der Waals surface area contributed by atoms with Gasteiger partial charge in [0.25, 0.3) is 8.32 Å². The number of benzene rings is 3. The molecule has 0 aliphatic heterocycles. The number of hydrogen-bond acceptors (Lipinski definition) is 4. The van der Waals surface area contributed by atoms with Crippen LogP contribution in [-0.2, 0) is 13.6 Å². The Morgan fingerprint density at radius 2 is 1.36 bits per heavy atom. The number of carbonyl (C=O) groups is 1. The van der Waals surface area contributed by atoms with E-state index in [2.05, 4.69) is 133 Å². The van der Waals surface area contributed by atoms with E-state index in [4.69, 9.17) is 8.85 Å². The van der Waals surface area contributed by atoms with Gasteiger partial charge in [-0.15, -0.1) is 0 Å². The van der Waals surface area contributed by atoms with Gasteiger partial charge in [0.15, 0.2) is 8.32 Å². The van der Waals surface area contributed by atoms with Crippen LogP contribution in [0.3, 0.4) is 0 Å². The van der Waals surface area contributed by atoms with Crippen molar-refractivity contribution in [2.45, 2.75) is 90.4 Å². The van der Waals surface area contributed by atoms with Gasteiger partial charge in [-0.25, -0.2) is 0 Å². The van der Waals surface area contributed by atoms with E-state index in [1.54, 1.807) is 6.20 Å². The Kier molecular flexibility index (Phi) is 10.3. The fraction of sp³-hybridized carbons (Fsp3) is 0.450. The molecule has 0 bridgehead atoms. The second-order valence-electron chi connectivity index (χ2n) is 15.5. The predicted molar refractivity (Wildman–Crippen MR) is 201 cm³/mol. The molecule has 0 unspecified atom stereocenters.